The minimum Gasteiger partial charge on any atom is -0.347 e. The molecule has 2 N–H and O–H groups in total. The second-order valence-electron chi connectivity index (χ2n) is 7.76. The third kappa shape index (κ3) is 4.31. The number of amides is 1. The fraction of sp³-hybridized carbons (Fsp3) is 0.304. The van der Waals surface area contributed by atoms with Crippen molar-refractivity contribution >= 4 is 5.91 Å². The van der Waals surface area contributed by atoms with Crippen molar-refractivity contribution in [2.75, 3.05) is 14.1 Å². The average molecular weight is 374 g/mol. The summed E-state index contributed by atoms with van der Waals surface area (Å²) in [4.78, 5) is 14.6. The topological polar surface area (TPSA) is 61.0 Å². The van der Waals surface area contributed by atoms with E-state index in [4.69, 9.17) is 0 Å². The molecule has 4 rings (SSSR count). The summed E-state index contributed by atoms with van der Waals surface area (Å²) < 4.78 is 0. The molecule has 1 aliphatic carbocycles. The van der Waals surface area contributed by atoms with Gasteiger partial charge in [0.25, 0.3) is 5.91 Å². The molecule has 0 spiro atoms. The lowest BCUT2D eigenvalue weighted by Gasteiger charge is -2.13. The van der Waals surface area contributed by atoms with Crippen LogP contribution < -0.4 is 5.32 Å². The molecule has 28 heavy (non-hydrogen) atoms. The van der Waals surface area contributed by atoms with Crippen LogP contribution >= 0.6 is 0 Å². The van der Waals surface area contributed by atoms with Gasteiger partial charge in [0.1, 0.15) is 5.69 Å². The van der Waals surface area contributed by atoms with Crippen LogP contribution in [0.2, 0.25) is 0 Å². The van der Waals surface area contributed by atoms with E-state index in [0.29, 0.717) is 18.2 Å². The summed E-state index contributed by atoms with van der Waals surface area (Å²) in [7, 11) is 4.14. The van der Waals surface area contributed by atoms with E-state index in [9.17, 15) is 4.79 Å². The Labute approximate surface area is 165 Å². The Hall–Kier alpha value is -2.92. The quantitative estimate of drug-likeness (QED) is 0.658. The van der Waals surface area contributed by atoms with Gasteiger partial charge < -0.3 is 10.2 Å². The van der Waals surface area contributed by atoms with E-state index in [1.807, 2.05) is 18.2 Å². The Kier molecular flexibility index (Phi) is 5.26. The first-order valence-electron chi connectivity index (χ1n) is 9.75. The van der Waals surface area contributed by atoms with Crippen molar-refractivity contribution < 1.29 is 4.79 Å². The monoisotopic (exact) mass is 374 g/mol. The summed E-state index contributed by atoms with van der Waals surface area (Å²) in [5, 5.41) is 10.2. The van der Waals surface area contributed by atoms with Crippen molar-refractivity contribution in [3.8, 4) is 11.1 Å². The highest BCUT2D eigenvalue weighted by atomic mass is 16.1. The van der Waals surface area contributed by atoms with E-state index < -0.39 is 0 Å². The molecule has 1 heterocycles. The molecule has 5 nitrogen and oxygen atoms in total. The maximum absolute atomic E-state index is 12.5. The van der Waals surface area contributed by atoms with E-state index in [1.54, 1.807) is 0 Å². The molecule has 0 saturated heterocycles. The maximum atomic E-state index is 12.5. The molecule has 0 bridgehead atoms. The van der Waals surface area contributed by atoms with Crippen LogP contribution in [0, 0.1) is 0 Å². The number of carbonyl (C=O) groups excluding carboxylic acids is 1. The molecule has 3 aromatic rings. The number of aromatic amines is 1. The van der Waals surface area contributed by atoms with Gasteiger partial charge in [0.2, 0.25) is 0 Å². The number of nitrogens with zero attached hydrogens (tertiary/aromatic N) is 2. The van der Waals surface area contributed by atoms with E-state index in [0.717, 1.165) is 28.9 Å². The molecule has 2 aromatic carbocycles. The number of benzene rings is 2. The van der Waals surface area contributed by atoms with Gasteiger partial charge in [0.05, 0.1) is 0 Å². The predicted molar refractivity (Wildman–Crippen MR) is 111 cm³/mol. The molecule has 144 valence electrons. The first kappa shape index (κ1) is 18.4. The highest BCUT2D eigenvalue weighted by Crippen LogP contribution is 2.39. The molecule has 5 heteroatoms. The van der Waals surface area contributed by atoms with Crippen molar-refractivity contribution in [2.24, 2.45) is 0 Å². The van der Waals surface area contributed by atoms with Gasteiger partial charge in [-0.2, -0.15) is 5.10 Å². The van der Waals surface area contributed by atoms with Crippen molar-refractivity contribution in [3.63, 3.8) is 0 Å². The molecule has 1 aromatic heterocycles. The van der Waals surface area contributed by atoms with Crippen LogP contribution in [0.1, 0.15) is 46.1 Å². The Morgan fingerprint density at radius 3 is 2.61 bits per heavy atom. The third-order valence-electron chi connectivity index (χ3n) is 5.07. The van der Waals surface area contributed by atoms with Crippen LogP contribution in [0.3, 0.4) is 0 Å². The smallest absolute Gasteiger partial charge is 0.272 e. The van der Waals surface area contributed by atoms with Crippen LogP contribution in [-0.4, -0.2) is 35.1 Å². The lowest BCUT2D eigenvalue weighted by atomic mass is 9.98. The highest BCUT2D eigenvalue weighted by molar-refractivity contribution is 5.92. The first-order valence-corrected chi connectivity index (χ1v) is 9.75. The molecular weight excluding hydrogens is 348 g/mol. The largest absolute Gasteiger partial charge is 0.347 e. The van der Waals surface area contributed by atoms with Gasteiger partial charge in [-0.3, -0.25) is 9.89 Å². The van der Waals surface area contributed by atoms with E-state index in [2.05, 4.69) is 70.9 Å². The van der Waals surface area contributed by atoms with Crippen LogP contribution in [0.4, 0.5) is 0 Å². The fourth-order valence-corrected chi connectivity index (χ4v) is 3.43. The van der Waals surface area contributed by atoms with Gasteiger partial charge in [0.15, 0.2) is 0 Å². The highest BCUT2D eigenvalue weighted by Gasteiger charge is 2.26. The normalized spacial score (nSPS) is 13.7. The number of hydrogen-bond acceptors (Lipinski definition) is 3. The molecule has 1 fully saturated rings. The van der Waals surface area contributed by atoms with Gasteiger partial charge >= 0.3 is 0 Å². The third-order valence-corrected chi connectivity index (χ3v) is 5.07. The van der Waals surface area contributed by atoms with Crippen LogP contribution in [0.5, 0.6) is 0 Å². The summed E-state index contributed by atoms with van der Waals surface area (Å²) >= 11 is 0. The average Bonchev–Trinajstić information content (AvgIpc) is 3.43. The molecule has 0 atom stereocenters. The predicted octanol–water partition coefficient (Wildman–Crippen LogP) is 3.95. The summed E-state index contributed by atoms with van der Waals surface area (Å²) in [5.41, 5.74) is 6.21. The molecule has 1 amide bonds. The van der Waals surface area contributed by atoms with Gasteiger partial charge in [-0.05, 0) is 55.3 Å². The Morgan fingerprint density at radius 1 is 1.14 bits per heavy atom. The number of rotatable bonds is 7. The molecule has 1 saturated carbocycles. The van der Waals surface area contributed by atoms with E-state index in [-0.39, 0.29) is 5.91 Å². The summed E-state index contributed by atoms with van der Waals surface area (Å²) in [6, 6.07) is 18.7. The summed E-state index contributed by atoms with van der Waals surface area (Å²) in [6.45, 7) is 1.39. The second kappa shape index (κ2) is 7.98. The number of H-pyrrole nitrogens is 1. The summed E-state index contributed by atoms with van der Waals surface area (Å²) in [5.74, 6) is 0.421. The van der Waals surface area contributed by atoms with Gasteiger partial charge in [0, 0.05) is 24.7 Å². The first-order chi connectivity index (χ1) is 13.6. The zero-order valence-electron chi connectivity index (χ0n) is 16.4. The molecule has 0 unspecified atom stereocenters. The zero-order valence-corrected chi connectivity index (χ0v) is 16.4. The summed E-state index contributed by atoms with van der Waals surface area (Å²) in [6.07, 6.45) is 2.37. The minimum absolute atomic E-state index is 0.140. The maximum Gasteiger partial charge on any atom is 0.272 e. The Bertz CT molecular complexity index is 955. The number of carbonyl (C=O) groups is 1. The van der Waals surface area contributed by atoms with Crippen molar-refractivity contribution in [3.05, 3.63) is 77.1 Å². The number of aromatic nitrogens is 2. The number of nitrogens with one attached hydrogen (secondary N) is 2. The minimum atomic E-state index is -0.140. The van der Waals surface area contributed by atoms with Crippen molar-refractivity contribution in [2.45, 2.75) is 31.8 Å². The van der Waals surface area contributed by atoms with Crippen molar-refractivity contribution in [1.82, 2.24) is 20.4 Å². The Morgan fingerprint density at radius 2 is 1.89 bits per heavy atom. The van der Waals surface area contributed by atoms with E-state index in [1.165, 1.54) is 18.4 Å². The Balaban J connectivity index is 1.45. The zero-order chi connectivity index (χ0) is 19.5. The number of hydrogen-bond donors (Lipinski definition) is 2. The van der Waals surface area contributed by atoms with Crippen molar-refractivity contribution in [1.29, 1.82) is 0 Å². The van der Waals surface area contributed by atoms with Gasteiger partial charge in [-0.1, -0.05) is 48.5 Å². The lowest BCUT2D eigenvalue weighted by Crippen LogP contribution is -2.23. The molecular formula is C23H26N4O. The van der Waals surface area contributed by atoms with Crippen LogP contribution in [0.25, 0.3) is 11.1 Å². The van der Waals surface area contributed by atoms with Gasteiger partial charge in [-0.15, -0.1) is 0 Å². The molecule has 0 radical (unpaired) electrons. The van der Waals surface area contributed by atoms with Crippen LogP contribution in [0.15, 0.2) is 54.6 Å². The molecule has 0 aliphatic heterocycles. The fourth-order valence-electron chi connectivity index (χ4n) is 3.43. The SMILES string of the molecule is CN(C)Cc1ccc(-c2ccccc2CNC(=O)c2cc(C3CC3)[nH]n2)cc1. The second-order valence-corrected chi connectivity index (χ2v) is 7.76. The van der Waals surface area contributed by atoms with Gasteiger partial charge in [-0.25, -0.2) is 0 Å². The standard InChI is InChI=1S/C23H26N4O/c1-27(2)15-16-7-9-17(10-8-16)20-6-4-3-5-19(20)14-24-23(28)22-13-21(25-26-22)18-11-12-18/h3-10,13,18H,11-12,14-15H2,1-2H3,(H,24,28)(H,25,26). The molecule has 1 aliphatic rings. The van der Waals surface area contributed by atoms with E-state index >= 15 is 0 Å². The lowest BCUT2D eigenvalue weighted by molar-refractivity contribution is 0.0946. The van der Waals surface area contributed by atoms with Crippen LogP contribution in [-0.2, 0) is 13.1 Å².